The van der Waals surface area contributed by atoms with E-state index in [-0.39, 0.29) is 5.91 Å². The van der Waals surface area contributed by atoms with E-state index in [0.29, 0.717) is 17.8 Å². The maximum absolute atomic E-state index is 11.7. The van der Waals surface area contributed by atoms with Crippen molar-refractivity contribution in [1.29, 1.82) is 0 Å². The predicted octanol–water partition coefficient (Wildman–Crippen LogP) is 0.670. The van der Waals surface area contributed by atoms with Gasteiger partial charge in [0, 0.05) is 12.1 Å². The molecule has 0 radical (unpaired) electrons. The van der Waals surface area contributed by atoms with Crippen LogP contribution in [0.25, 0.3) is 0 Å². The van der Waals surface area contributed by atoms with E-state index < -0.39 is 0 Å². The average molecular weight is 222 g/mol. The first kappa shape index (κ1) is 11.1. The number of imidazole rings is 1. The maximum Gasteiger partial charge on any atom is 0.269 e. The molecule has 1 aliphatic rings. The van der Waals surface area contributed by atoms with Gasteiger partial charge in [-0.3, -0.25) is 4.79 Å². The molecule has 1 aliphatic carbocycles. The Morgan fingerprint density at radius 1 is 1.38 bits per heavy atom. The van der Waals surface area contributed by atoms with E-state index in [1.165, 1.54) is 6.33 Å². The van der Waals surface area contributed by atoms with Crippen LogP contribution in [0.1, 0.15) is 36.2 Å². The summed E-state index contributed by atoms with van der Waals surface area (Å²) in [5.41, 5.74) is 0.538. The molecule has 0 atom stereocenters. The van der Waals surface area contributed by atoms with Crippen molar-refractivity contribution >= 4 is 5.91 Å². The number of hydrogen-bond donors (Lipinski definition) is 3. The summed E-state index contributed by atoms with van der Waals surface area (Å²) in [6, 6.07) is 0.917. The van der Waals surface area contributed by atoms with Crippen LogP contribution >= 0.6 is 0 Å². The molecule has 3 N–H and O–H groups in total. The second-order valence-electron chi connectivity index (χ2n) is 4.28. The Labute approximate surface area is 95.0 Å². The van der Waals surface area contributed by atoms with Crippen molar-refractivity contribution in [2.45, 2.75) is 37.8 Å². The minimum absolute atomic E-state index is 0.0505. The summed E-state index contributed by atoms with van der Waals surface area (Å²) in [6.45, 7) is 0. The molecule has 1 fully saturated rings. The summed E-state index contributed by atoms with van der Waals surface area (Å²) >= 11 is 0. The van der Waals surface area contributed by atoms with Gasteiger partial charge >= 0.3 is 0 Å². The van der Waals surface area contributed by atoms with Gasteiger partial charge < -0.3 is 15.6 Å². The molecule has 1 aromatic rings. The Balaban J connectivity index is 1.81. The predicted molar refractivity (Wildman–Crippen MR) is 61.2 cm³/mol. The van der Waals surface area contributed by atoms with E-state index in [9.17, 15) is 4.79 Å². The molecule has 0 unspecified atom stereocenters. The van der Waals surface area contributed by atoms with Gasteiger partial charge in [-0.15, -0.1) is 0 Å². The molecular weight excluding hydrogens is 204 g/mol. The van der Waals surface area contributed by atoms with Crippen molar-refractivity contribution in [3.05, 3.63) is 18.2 Å². The van der Waals surface area contributed by atoms with E-state index in [4.69, 9.17) is 0 Å². The summed E-state index contributed by atoms with van der Waals surface area (Å²) in [5, 5.41) is 6.30. The number of nitrogens with one attached hydrogen (secondary N) is 3. The van der Waals surface area contributed by atoms with Crippen molar-refractivity contribution < 1.29 is 4.79 Å². The normalized spacial score (nSPS) is 25.3. The van der Waals surface area contributed by atoms with Crippen LogP contribution in [-0.2, 0) is 0 Å². The summed E-state index contributed by atoms with van der Waals surface area (Å²) in [6.07, 6.45) is 7.42. The molecular formula is C11H18N4O. The lowest BCUT2D eigenvalue weighted by molar-refractivity contribution is 0.0920. The number of carbonyl (C=O) groups is 1. The lowest BCUT2D eigenvalue weighted by atomic mass is 9.91. The van der Waals surface area contributed by atoms with Gasteiger partial charge in [-0.05, 0) is 32.7 Å². The second-order valence-corrected chi connectivity index (χ2v) is 4.28. The van der Waals surface area contributed by atoms with Crippen molar-refractivity contribution in [2.75, 3.05) is 7.05 Å². The molecule has 1 saturated carbocycles. The first-order valence-corrected chi connectivity index (χ1v) is 5.76. The molecule has 0 bridgehead atoms. The Bertz CT molecular complexity index is 328. The quantitative estimate of drug-likeness (QED) is 0.704. The minimum Gasteiger partial charge on any atom is -0.348 e. The van der Waals surface area contributed by atoms with E-state index >= 15 is 0 Å². The fraction of sp³-hybridized carbons (Fsp3) is 0.636. The van der Waals surface area contributed by atoms with E-state index in [1.54, 1.807) is 6.20 Å². The largest absolute Gasteiger partial charge is 0.348 e. The highest BCUT2D eigenvalue weighted by Crippen LogP contribution is 2.18. The molecule has 1 aromatic heterocycles. The highest BCUT2D eigenvalue weighted by Gasteiger charge is 2.21. The van der Waals surface area contributed by atoms with Gasteiger partial charge in [0.05, 0.1) is 12.5 Å². The Hall–Kier alpha value is -1.36. The molecule has 5 nitrogen and oxygen atoms in total. The molecule has 5 heteroatoms. The lowest BCUT2D eigenvalue weighted by Gasteiger charge is -2.28. The van der Waals surface area contributed by atoms with Crippen LogP contribution in [0.5, 0.6) is 0 Å². The molecule has 1 heterocycles. The van der Waals surface area contributed by atoms with Crippen LogP contribution in [0.3, 0.4) is 0 Å². The van der Waals surface area contributed by atoms with Gasteiger partial charge in [-0.1, -0.05) is 0 Å². The van der Waals surface area contributed by atoms with Crippen LogP contribution in [0, 0.1) is 0 Å². The van der Waals surface area contributed by atoms with Crippen LogP contribution in [0.4, 0.5) is 0 Å². The third kappa shape index (κ3) is 2.61. The van der Waals surface area contributed by atoms with Crippen LogP contribution < -0.4 is 10.6 Å². The smallest absolute Gasteiger partial charge is 0.269 e. The summed E-state index contributed by atoms with van der Waals surface area (Å²) in [4.78, 5) is 18.4. The molecule has 1 amide bonds. The number of amides is 1. The fourth-order valence-electron chi connectivity index (χ4n) is 2.17. The Morgan fingerprint density at radius 3 is 2.62 bits per heavy atom. The zero-order valence-electron chi connectivity index (χ0n) is 9.49. The highest BCUT2D eigenvalue weighted by molar-refractivity contribution is 5.92. The zero-order chi connectivity index (χ0) is 11.4. The molecule has 0 saturated heterocycles. The molecule has 16 heavy (non-hydrogen) atoms. The van der Waals surface area contributed by atoms with Crippen molar-refractivity contribution in [1.82, 2.24) is 20.6 Å². The van der Waals surface area contributed by atoms with Crippen LogP contribution in [0.2, 0.25) is 0 Å². The zero-order valence-corrected chi connectivity index (χ0v) is 9.49. The summed E-state index contributed by atoms with van der Waals surface area (Å²) < 4.78 is 0. The molecule has 0 aromatic carbocycles. The van der Waals surface area contributed by atoms with Gasteiger partial charge in [-0.25, -0.2) is 4.98 Å². The van der Waals surface area contributed by atoms with Gasteiger partial charge in [0.2, 0.25) is 0 Å². The Kier molecular flexibility index (Phi) is 3.56. The van der Waals surface area contributed by atoms with Crippen molar-refractivity contribution in [3.8, 4) is 0 Å². The van der Waals surface area contributed by atoms with Crippen molar-refractivity contribution in [2.24, 2.45) is 0 Å². The van der Waals surface area contributed by atoms with Crippen LogP contribution in [-0.4, -0.2) is 35.0 Å². The topological polar surface area (TPSA) is 69.8 Å². The summed E-state index contributed by atoms with van der Waals surface area (Å²) in [5.74, 6) is -0.0505. The monoisotopic (exact) mass is 222 g/mol. The number of nitrogens with zero attached hydrogens (tertiary/aromatic N) is 1. The molecule has 0 aliphatic heterocycles. The maximum atomic E-state index is 11.7. The highest BCUT2D eigenvalue weighted by atomic mass is 16.1. The van der Waals surface area contributed by atoms with E-state index in [2.05, 4.69) is 20.6 Å². The number of aromatic nitrogens is 2. The molecule has 88 valence electrons. The van der Waals surface area contributed by atoms with Gasteiger partial charge in [0.25, 0.3) is 5.91 Å². The van der Waals surface area contributed by atoms with Gasteiger partial charge in [-0.2, -0.15) is 0 Å². The van der Waals surface area contributed by atoms with Crippen molar-refractivity contribution in [3.63, 3.8) is 0 Å². The fourth-order valence-corrected chi connectivity index (χ4v) is 2.17. The number of hydrogen-bond acceptors (Lipinski definition) is 3. The third-order valence-corrected chi connectivity index (χ3v) is 3.21. The average Bonchev–Trinajstić information content (AvgIpc) is 2.83. The number of aromatic amines is 1. The van der Waals surface area contributed by atoms with Crippen LogP contribution in [0.15, 0.2) is 12.5 Å². The molecule has 2 rings (SSSR count). The number of carbonyl (C=O) groups excluding carboxylic acids is 1. The van der Waals surface area contributed by atoms with Gasteiger partial charge in [0.1, 0.15) is 5.69 Å². The standard InChI is InChI=1S/C11H18N4O/c1-12-8-2-4-9(5-3-8)15-11(16)10-6-13-7-14-10/h6-9,12H,2-5H2,1H3,(H,13,14)(H,15,16). The Morgan fingerprint density at radius 2 is 2.06 bits per heavy atom. The van der Waals surface area contributed by atoms with Gasteiger partial charge in [0.15, 0.2) is 0 Å². The SMILES string of the molecule is CNC1CCC(NC(=O)c2cnc[nH]2)CC1. The second kappa shape index (κ2) is 5.12. The number of H-pyrrole nitrogens is 1. The summed E-state index contributed by atoms with van der Waals surface area (Å²) in [7, 11) is 1.99. The third-order valence-electron chi connectivity index (χ3n) is 3.21. The first-order chi connectivity index (χ1) is 7.79. The minimum atomic E-state index is -0.0505. The lowest BCUT2D eigenvalue weighted by Crippen LogP contribution is -2.41. The number of rotatable bonds is 3. The molecule has 0 spiro atoms. The first-order valence-electron chi connectivity index (χ1n) is 5.76. The van der Waals surface area contributed by atoms with E-state index in [1.807, 2.05) is 7.05 Å². The van der Waals surface area contributed by atoms with E-state index in [0.717, 1.165) is 25.7 Å².